The van der Waals surface area contributed by atoms with E-state index in [1.165, 1.54) is 25.9 Å². The lowest BCUT2D eigenvalue weighted by Gasteiger charge is -2.14. The van der Waals surface area contributed by atoms with Crippen LogP contribution in [0.25, 0.3) is 10.2 Å². The first kappa shape index (κ1) is 12.8. The first-order valence-corrected chi connectivity index (χ1v) is 7.95. The van der Waals surface area contributed by atoms with Gasteiger partial charge in [0, 0.05) is 6.54 Å². The molecule has 4 nitrogen and oxygen atoms in total. The monoisotopic (exact) mass is 276 g/mol. The maximum absolute atomic E-state index is 4.72. The molecule has 0 bridgehead atoms. The number of anilines is 1. The molecule has 0 radical (unpaired) electrons. The van der Waals surface area contributed by atoms with E-state index >= 15 is 0 Å². The minimum absolute atomic E-state index is 0.884. The van der Waals surface area contributed by atoms with Gasteiger partial charge in [0.15, 0.2) is 0 Å². The van der Waals surface area contributed by atoms with Crippen molar-refractivity contribution in [3.05, 3.63) is 17.3 Å². The third-order valence-electron chi connectivity index (χ3n) is 3.48. The minimum Gasteiger partial charge on any atom is -0.369 e. The van der Waals surface area contributed by atoms with Crippen LogP contribution in [0.1, 0.15) is 32.0 Å². The molecule has 0 aliphatic carbocycles. The summed E-state index contributed by atoms with van der Waals surface area (Å²) in [5.74, 6) is 1.96. The second-order valence-electron chi connectivity index (χ2n) is 5.04. The molecular weight excluding hydrogens is 256 g/mol. The Bertz CT molecular complexity index is 545. The Labute approximate surface area is 117 Å². The summed E-state index contributed by atoms with van der Waals surface area (Å²) in [6.07, 6.45) is 3.72. The number of hydrogen-bond acceptors (Lipinski definition) is 5. The molecule has 1 aliphatic heterocycles. The lowest BCUT2D eigenvalue weighted by Crippen LogP contribution is -2.20. The Balaban J connectivity index is 1.86. The van der Waals surface area contributed by atoms with Crippen LogP contribution in [0.2, 0.25) is 0 Å². The second-order valence-corrected chi connectivity index (χ2v) is 5.93. The molecule has 0 aromatic carbocycles. The topological polar surface area (TPSA) is 41.1 Å². The van der Waals surface area contributed by atoms with Gasteiger partial charge in [-0.05, 0) is 43.8 Å². The van der Waals surface area contributed by atoms with Gasteiger partial charge in [-0.15, -0.1) is 11.3 Å². The molecule has 0 unspecified atom stereocenters. The fraction of sp³-hybridized carbons (Fsp3) is 0.571. The van der Waals surface area contributed by atoms with Crippen molar-refractivity contribution in [1.82, 2.24) is 14.9 Å². The molecule has 2 aromatic rings. The fourth-order valence-corrected chi connectivity index (χ4v) is 3.27. The molecule has 0 saturated carbocycles. The summed E-state index contributed by atoms with van der Waals surface area (Å²) in [6.45, 7) is 6.39. The van der Waals surface area contributed by atoms with Gasteiger partial charge in [-0.1, -0.05) is 6.92 Å². The summed E-state index contributed by atoms with van der Waals surface area (Å²) in [7, 11) is 0. The average Bonchev–Trinajstić information content (AvgIpc) is 3.06. The van der Waals surface area contributed by atoms with Gasteiger partial charge in [0.2, 0.25) is 0 Å². The lowest BCUT2D eigenvalue weighted by molar-refractivity contribution is 0.323. The molecular formula is C14H20N4S. The molecule has 5 heteroatoms. The van der Waals surface area contributed by atoms with Gasteiger partial charge in [0.1, 0.15) is 16.5 Å². The molecule has 0 atom stereocenters. The van der Waals surface area contributed by atoms with Gasteiger partial charge < -0.3 is 5.32 Å². The van der Waals surface area contributed by atoms with Crippen molar-refractivity contribution >= 4 is 27.4 Å². The summed E-state index contributed by atoms with van der Waals surface area (Å²) < 4.78 is 0. The van der Waals surface area contributed by atoms with Crippen molar-refractivity contribution in [2.24, 2.45) is 0 Å². The number of aromatic nitrogens is 2. The molecule has 1 N–H and O–H groups in total. The number of thiophene rings is 1. The zero-order valence-electron chi connectivity index (χ0n) is 11.4. The standard InChI is InChI=1S/C14H20N4S/c1-2-6-15-13-11-5-9-19-14(11)17-12(16-13)10-18-7-3-4-8-18/h5,9H,2-4,6-8,10H2,1H3,(H,15,16,17). The van der Waals surface area contributed by atoms with Crippen LogP contribution in [0.3, 0.4) is 0 Å². The lowest BCUT2D eigenvalue weighted by atomic mass is 10.3. The third kappa shape index (κ3) is 2.87. The van der Waals surface area contributed by atoms with E-state index in [-0.39, 0.29) is 0 Å². The van der Waals surface area contributed by atoms with Gasteiger partial charge in [-0.2, -0.15) is 0 Å². The highest BCUT2D eigenvalue weighted by atomic mass is 32.1. The number of nitrogens with zero attached hydrogens (tertiary/aromatic N) is 3. The van der Waals surface area contributed by atoms with Crippen LogP contribution in [-0.4, -0.2) is 34.5 Å². The van der Waals surface area contributed by atoms with E-state index < -0.39 is 0 Å². The van der Waals surface area contributed by atoms with E-state index in [2.05, 4.69) is 28.6 Å². The summed E-state index contributed by atoms with van der Waals surface area (Å²) >= 11 is 1.70. The van der Waals surface area contributed by atoms with Crippen molar-refractivity contribution in [2.45, 2.75) is 32.7 Å². The molecule has 0 spiro atoms. The Morgan fingerprint density at radius 1 is 1.32 bits per heavy atom. The molecule has 1 fully saturated rings. The highest BCUT2D eigenvalue weighted by molar-refractivity contribution is 7.16. The number of nitrogens with one attached hydrogen (secondary N) is 1. The number of fused-ring (bicyclic) bond motifs is 1. The first-order chi connectivity index (χ1) is 9.36. The molecule has 1 saturated heterocycles. The highest BCUT2D eigenvalue weighted by Gasteiger charge is 2.15. The quantitative estimate of drug-likeness (QED) is 0.911. The van der Waals surface area contributed by atoms with Crippen LogP contribution < -0.4 is 5.32 Å². The number of rotatable bonds is 5. The summed E-state index contributed by atoms with van der Waals surface area (Å²) in [5, 5.41) is 6.68. The first-order valence-electron chi connectivity index (χ1n) is 7.07. The van der Waals surface area contributed by atoms with Gasteiger partial charge in [0.25, 0.3) is 0 Å². The third-order valence-corrected chi connectivity index (χ3v) is 4.28. The van der Waals surface area contributed by atoms with Gasteiger partial charge in [-0.3, -0.25) is 4.90 Å². The van der Waals surface area contributed by atoms with E-state index in [0.717, 1.165) is 41.4 Å². The van der Waals surface area contributed by atoms with Crippen molar-refractivity contribution < 1.29 is 0 Å². The zero-order chi connectivity index (χ0) is 13.1. The van der Waals surface area contributed by atoms with Crippen LogP contribution in [0, 0.1) is 0 Å². The van der Waals surface area contributed by atoms with Crippen LogP contribution in [0.15, 0.2) is 11.4 Å². The summed E-state index contributed by atoms with van der Waals surface area (Å²) in [5.41, 5.74) is 0. The zero-order valence-corrected chi connectivity index (χ0v) is 12.2. The molecule has 3 heterocycles. The molecule has 1 aliphatic rings. The maximum atomic E-state index is 4.72. The Kier molecular flexibility index (Phi) is 3.94. The smallest absolute Gasteiger partial charge is 0.146 e. The summed E-state index contributed by atoms with van der Waals surface area (Å²) in [6, 6.07) is 2.11. The fourth-order valence-electron chi connectivity index (χ4n) is 2.49. The van der Waals surface area contributed by atoms with Crippen molar-refractivity contribution in [3.63, 3.8) is 0 Å². The normalized spacial score (nSPS) is 16.3. The molecule has 0 amide bonds. The van der Waals surface area contributed by atoms with E-state index in [0.29, 0.717) is 0 Å². The Morgan fingerprint density at radius 3 is 2.95 bits per heavy atom. The van der Waals surface area contributed by atoms with Crippen molar-refractivity contribution in [2.75, 3.05) is 25.0 Å². The Hall–Kier alpha value is -1.20. The average molecular weight is 276 g/mol. The minimum atomic E-state index is 0.884. The predicted molar refractivity (Wildman–Crippen MR) is 80.7 cm³/mol. The van der Waals surface area contributed by atoms with Crippen LogP contribution in [0.4, 0.5) is 5.82 Å². The van der Waals surface area contributed by atoms with Crippen molar-refractivity contribution in [1.29, 1.82) is 0 Å². The van der Waals surface area contributed by atoms with Gasteiger partial charge in [0.05, 0.1) is 11.9 Å². The van der Waals surface area contributed by atoms with E-state index in [1.807, 2.05) is 0 Å². The van der Waals surface area contributed by atoms with Crippen LogP contribution in [-0.2, 0) is 6.54 Å². The highest BCUT2D eigenvalue weighted by Crippen LogP contribution is 2.25. The molecule has 2 aromatic heterocycles. The van der Waals surface area contributed by atoms with Gasteiger partial charge in [-0.25, -0.2) is 9.97 Å². The molecule has 19 heavy (non-hydrogen) atoms. The van der Waals surface area contributed by atoms with Crippen LogP contribution in [0.5, 0.6) is 0 Å². The number of likely N-dealkylation sites (tertiary alicyclic amines) is 1. The molecule has 3 rings (SSSR count). The van der Waals surface area contributed by atoms with Crippen molar-refractivity contribution in [3.8, 4) is 0 Å². The summed E-state index contributed by atoms with van der Waals surface area (Å²) in [4.78, 5) is 13.0. The largest absolute Gasteiger partial charge is 0.369 e. The van der Waals surface area contributed by atoms with Gasteiger partial charge >= 0.3 is 0 Å². The SMILES string of the molecule is CCCNc1nc(CN2CCCC2)nc2sccc12. The van der Waals surface area contributed by atoms with Crippen LogP contribution >= 0.6 is 11.3 Å². The molecule has 102 valence electrons. The Morgan fingerprint density at radius 2 is 2.16 bits per heavy atom. The van der Waals surface area contributed by atoms with E-state index in [4.69, 9.17) is 9.97 Å². The van der Waals surface area contributed by atoms with E-state index in [1.54, 1.807) is 11.3 Å². The number of hydrogen-bond donors (Lipinski definition) is 1. The maximum Gasteiger partial charge on any atom is 0.146 e. The predicted octanol–water partition coefficient (Wildman–Crippen LogP) is 3.11. The van der Waals surface area contributed by atoms with E-state index in [9.17, 15) is 0 Å². The second kappa shape index (κ2) is 5.84.